The zero-order valence-electron chi connectivity index (χ0n) is 27.7. The predicted octanol–water partition coefficient (Wildman–Crippen LogP) is 14.4. The Morgan fingerprint density at radius 2 is 0.882 bits per heavy atom. The molecule has 51 heavy (non-hydrogen) atoms. The normalized spacial score (nSPS) is 11.9. The highest BCUT2D eigenvalue weighted by Gasteiger charge is 2.21. The van der Waals surface area contributed by atoms with Crippen LogP contribution in [0.5, 0.6) is 0 Å². The summed E-state index contributed by atoms with van der Waals surface area (Å²) in [5.41, 5.74) is 9.18. The molecule has 11 rings (SSSR count). The molecule has 11 aromatic rings. The Bertz CT molecular complexity index is 3130. The molecule has 0 aliphatic carbocycles. The van der Waals surface area contributed by atoms with E-state index in [4.69, 9.17) is 4.42 Å². The molecule has 0 N–H and O–H groups in total. The van der Waals surface area contributed by atoms with Gasteiger partial charge in [0.2, 0.25) is 0 Å². The second kappa shape index (κ2) is 10.9. The average Bonchev–Trinajstić information content (AvgIpc) is 3.56. The van der Waals surface area contributed by atoms with Crippen molar-refractivity contribution in [3.8, 4) is 33.4 Å². The molecule has 1 nitrogen and oxygen atoms in total. The first-order chi connectivity index (χ1) is 25.3. The minimum atomic E-state index is 0.902. The number of benzene rings is 10. The standard InChI is InChI=1S/C50H30O/c1-2-12-31(13-3-1)33-24-25-34-29-45-47(30-35(34)28-33)51-46-23-11-22-44(50(45)46)49-42-18-8-6-16-40(42)48(41-17-7-9-19-43(41)49)39-21-10-20-37-36-15-5-4-14-32(36)26-27-38(37)39/h1-30H. The largest absolute Gasteiger partial charge is 0.456 e. The van der Waals surface area contributed by atoms with E-state index in [-0.39, 0.29) is 0 Å². The van der Waals surface area contributed by atoms with Gasteiger partial charge in [-0.1, -0.05) is 158 Å². The van der Waals surface area contributed by atoms with Crippen LogP contribution in [0.2, 0.25) is 0 Å². The lowest BCUT2D eigenvalue weighted by Gasteiger charge is -2.19. The Morgan fingerprint density at radius 1 is 0.275 bits per heavy atom. The van der Waals surface area contributed by atoms with Crippen LogP contribution in [-0.4, -0.2) is 0 Å². The summed E-state index contributed by atoms with van der Waals surface area (Å²) in [7, 11) is 0. The monoisotopic (exact) mass is 646 g/mol. The van der Waals surface area contributed by atoms with Crippen molar-refractivity contribution < 1.29 is 4.42 Å². The van der Waals surface area contributed by atoms with Gasteiger partial charge in [0.25, 0.3) is 0 Å². The van der Waals surface area contributed by atoms with Gasteiger partial charge < -0.3 is 4.42 Å². The van der Waals surface area contributed by atoms with Crippen molar-refractivity contribution in [3.63, 3.8) is 0 Å². The van der Waals surface area contributed by atoms with E-state index in [1.165, 1.54) is 87.2 Å². The Hall–Kier alpha value is -6.70. The van der Waals surface area contributed by atoms with Crippen molar-refractivity contribution in [1.29, 1.82) is 0 Å². The van der Waals surface area contributed by atoms with E-state index in [1.54, 1.807) is 0 Å². The van der Waals surface area contributed by atoms with Crippen molar-refractivity contribution in [2.24, 2.45) is 0 Å². The molecule has 0 amide bonds. The Kier molecular flexibility index (Phi) is 6.02. The van der Waals surface area contributed by atoms with Crippen molar-refractivity contribution in [2.75, 3.05) is 0 Å². The number of rotatable bonds is 3. The van der Waals surface area contributed by atoms with Crippen LogP contribution in [0.3, 0.4) is 0 Å². The highest BCUT2D eigenvalue weighted by Crippen LogP contribution is 2.48. The Morgan fingerprint density at radius 3 is 1.65 bits per heavy atom. The fraction of sp³-hybridized carbons (Fsp3) is 0. The number of hydrogen-bond acceptors (Lipinski definition) is 1. The van der Waals surface area contributed by atoms with Crippen molar-refractivity contribution in [3.05, 3.63) is 182 Å². The van der Waals surface area contributed by atoms with Crippen LogP contribution in [0.15, 0.2) is 186 Å². The second-order valence-corrected chi connectivity index (χ2v) is 13.6. The highest BCUT2D eigenvalue weighted by atomic mass is 16.3. The first kappa shape index (κ1) is 28.2. The van der Waals surface area contributed by atoms with Crippen molar-refractivity contribution >= 4 is 75.8 Å². The summed E-state index contributed by atoms with van der Waals surface area (Å²) in [6, 6.07) is 66.3. The maximum absolute atomic E-state index is 6.67. The van der Waals surface area contributed by atoms with E-state index in [0.29, 0.717) is 0 Å². The third kappa shape index (κ3) is 4.22. The first-order valence-electron chi connectivity index (χ1n) is 17.6. The van der Waals surface area contributed by atoms with Gasteiger partial charge in [-0.3, -0.25) is 0 Å². The molecule has 1 aromatic heterocycles. The third-order valence-electron chi connectivity index (χ3n) is 10.8. The lowest BCUT2D eigenvalue weighted by molar-refractivity contribution is 0.669. The molecule has 0 bridgehead atoms. The van der Waals surface area contributed by atoms with Crippen LogP contribution in [0.1, 0.15) is 0 Å². The summed E-state index contributed by atoms with van der Waals surface area (Å²) in [5.74, 6) is 0. The first-order valence-corrected chi connectivity index (χ1v) is 17.6. The summed E-state index contributed by atoms with van der Waals surface area (Å²) in [6.45, 7) is 0. The molecule has 0 spiro atoms. The minimum absolute atomic E-state index is 0.902. The van der Waals surface area contributed by atoms with Gasteiger partial charge in [-0.25, -0.2) is 0 Å². The summed E-state index contributed by atoms with van der Waals surface area (Å²) in [4.78, 5) is 0. The van der Waals surface area contributed by atoms with Gasteiger partial charge in [0.05, 0.1) is 0 Å². The Labute approximate surface area is 294 Å². The molecule has 10 aromatic carbocycles. The molecular formula is C50H30O. The van der Waals surface area contributed by atoms with Crippen LogP contribution in [0.4, 0.5) is 0 Å². The molecule has 1 heterocycles. The molecule has 0 aliphatic heterocycles. The lowest BCUT2D eigenvalue weighted by atomic mass is 9.83. The quantitative estimate of drug-likeness (QED) is 0.138. The predicted molar refractivity (Wildman–Crippen MR) is 218 cm³/mol. The molecule has 0 unspecified atom stereocenters. The van der Waals surface area contributed by atoms with Crippen LogP contribution in [-0.2, 0) is 0 Å². The van der Waals surface area contributed by atoms with Crippen molar-refractivity contribution in [1.82, 2.24) is 0 Å². The number of fused-ring (bicyclic) bond motifs is 9. The third-order valence-corrected chi connectivity index (χ3v) is 10.8. The zero-order chi connectivity index (χ0) is 33.5. The SMILES string of the molecule is c1ccc(-c2ccc3cc4c(cc3c2)oc2cccc(-c3c5ccccc5c(-c5cccc6c5ccc5ccccc56)c5ccccc35)c24)cc1. The second-order valence-electron chi connectivity index (χ2n) is 13.6. The summed E-state index contributed by atoms with van der Waals surface area (Å²) in [6.07, 6.45) is 0. The molecule has 0 fully saturated rings. The van der Waals surface area contributed by atoms with Gasteiger partial charge in [-0.15, -0.1) is 0 Å². The van der Waals surface area contributed by atoms with Crippen LogP contribution < -0.4 is 0 Å². The zero-order valence-corrected chi connectivity index (χ0v) is 27.7. The summed E-state index contributed by atoms with van der Waals surface area (Å²) >= 11 is 0. The van der Waals surface area contributed by atoms with E-state index < -0.39 is 0 Å². The average molecular weight is 647 g/mol. The topological polar surface area (TPSA) is 13.1 Å². The van der Waals surface area contributed by atoms with Crippen LogP contribution in [0.25, 0.3) is 109 Å². The summed E-state index contributed by atoms with van der Waals surface area (Å²) in [5, 5.41) is 14.7. The maximum Gasteiger partial charge on any atom is 0.136 e. The fourth-order valence-corrected chi connectivity index (χ4v) is 8.55. The summed E-state index contributed by atoms with van der Waals surface area (Å²) < 4.78 is 6.67. The molecule has 1 heteroatoms. The van der Waals surface area contributed by atoms with Gasteiger partial charge >= 0.3 is 0 Å². The van der Waals surface area contributed by atoms with Crippen LogP contribution in [0, 0.1) is 0 Å². The smallest absolute Gasteiger partial charge is 0.136 e. The van der Waals surface area contributed by atoms with Crippen molar-refractivity contribution in [2.45, 2.75) is 0 Å². The van der Waals surface area contributed by atoms with Crippen LogP contribution >= 0.6 is 0 Å². The lowest BCUT2D eigenvalue weighted by Crippen LogP contribution is -1.92. The van der Waals surface area contributed by atoms with Gasteiger partial charge in [0, 0.05) is 10.8 Å². The van der Waals surface area contributed by atoms with Gasteiger partial charge in [0.1, 0.15) is 11.2 Å². The van der Waals surface area contributed by atoms with E-state index >= 15 is 0 Å². The van der Waals surface area contributed by atoms with E-state index in [9.17, 15) is 0 Å². The van der Waals surface area contributed by atoms with Gasteiger partial charge in [-0.2, -0.15) is 0 Å². The minimum Gasteiger partial charge on any atom is -0.456 e. The Balaban J connectivity index is 1.20. The van der Waals surface area contributed by atoms with E-state index in [1.807, 2.05) is 0 Å². The van der Waals surface area contributed by atoms with Gasteiger partial charge in [-0.05, 0) is 112 Å². The molecule has 0 saturated carbocycles. The van der Waals surface area contributed by atoms with Gasteiger partial charge in [0.15, 0.2) is 0 Å². The molecular weight excluding hydrogens is 617 g/mol. The van der Waals surface area contributed by atoms with E-state index in [2.05, 4.69) is 182 Å². The molecule has 0 atom stereocenters. The fourth-order valence-electron chi connectivity index (χ4n) is 8.55. The molecule has 0 radical (unpaired) electrons. The molecule has 0 saturated heterocycles. The molecule has 236 valence electrons. The molecule has 0 aliphatic rings. The van der Waals surface area contributed by atoms with E-state index in [0.717, 1.165) is 21.9 Å². The number of hydrogen-bond donors (Lipinski definition) is 0. The number of furan rings is 1. The maximum atomic E-state index is 6.67. The highest BCUT2D eigenvalue weighted by molar-refractivity contribution is 6.28.